The van der Waals surface area contributed by atoms with Gasteiger partial charge in [-0.1, -0.05) is 43.2 Å². The van der Waals surface area contributed by atoms with Crippen molar-refractivity contribution in [3.05, 3.63) is 42.5 Å². The number of ether oxygens (including phenoxy) is 1. The molecular formula is C31H44N4O7S. The summed E-state index contributed by atoms with van der Waals surface area (Å²) in [4.78, 5) is 55.3. The molecule has 3 aliphatic rings. The topological polar surface area (TPSA) is 142 Å². The first-order valence-corrected chi connectivity index (χ1v) is 16.5. The van der Waals surface area contributed by atoms with Gasteiger partial charge in [0.1, 0.15) is 11.6 Å². The molecule has 3 amide bonds. The van der Waals surface area contributed by atoms with Gasteiger partial charge in [-0.25, -0.2) is 9.52 Å². The molecule has 0 aromatic heterocycles. The summed E-state index contributed by atoms with van der Waals surface area (Å²) in [5.74, 6) is -1.63. The minimum Gasteiger partial charge on any atom is -0.444 e. The second-order valence-corrected chi connectivity index (χ2v) is 14.5. The molecule has 0 spiro atoms. The highest BCUT2D eigenvalue weighted by Gasteiger charge is 2.61. The zero-order chi connectivity index (χ0) is 31.4. The summed E-state index contributed by atoms with van der Waals surface area (Å²) >= 11 is 0. The number of allylic oxidation sites excluding steroid dienone is 2. The molecule has 1 aromatic rings. The number of rotatable bonds is 5. The SMILES string of the molecule is CN(c1ccccc1)S(=O)(=O)NC(=O)[C@]12CC(=O)[C@@H]3CCCN3C(=O)[C@@H](NC(=O)OC(C)(C)C)CCCCC/C=C\[C@@H]1C2. The van der Waals surface area contributed by atoms with Gasteiger partial charge in [0.05, 0.1) is 17.1 Å². The molecule has 1 aromatic carbocycles. The van der Waals surface area contributed by atoms with Gasteiger partial charge in [-0.15, -0.1) is 0 Å². The monoisotopic (exact) mass is 616 g/mol. The summed E-state index contributed by atoms with van der Waals surface area (Å²) in [5, 5.41) is 2.72. The van der Waals surface area contributed by atoms with E-state index in [1.54, 1.807) is 51.1 Å². The Hall–Kier alpha value is -3.41. The highest BCUT2D eigenvalue weighted by molar-refractivity contribution is 7.91. The number of Topliss-reactive ketones (excluding diaryl/α,β-unsaturated/α-hetero) is 1. The lowest BCUT2D eigenvalue weighted by molar-refractivity contribution is -0.140. The van der Waals surface area contributed by atoms with Crippen molar-refractivity contribution < 1.29 is 32.3 Å². The number of fused-ring (bicyclic) bond motifs is 2. The van der Waals surface area contributed by atoms with E-state index in [0.717, 1.165) is 23.6 Å². The molecule has 1 aliphatic carbocycles. The van der Waals surface area contributed by atoms with E-state index in [9.17, 15) is 27.6 Å². The minimum atomic E-state index is -4.23. The summed E-state index contributed by atoms with van der Waals surface area (Å²) in [5.41, 5.74) is -1.56. The smallest absolute Gasteiger partial charge is 0.408 e. The fourth-order valence-corrected chi connectivity index (χ4v) is 6.92. The Labute approximate surface area is 254 Å². The number of carbonyl (C=O) groups excluding carboxylic acids is 4. The molecule has 2 fully saturated rings. The fourth-order valence-electron chi connectivity index (χ4n) is 5.94. The number of ketones is 1. The van der Waals surface area contributed by atoms with E-state index in [1.165, 1.54) is 11.9 Å². The molecule has 12 heteroatoms. The third-order valence-corrected chi connectivity index (χ3v) is 9.78. The Morgan fingerprint density at radius 2 is 1.77 bits per heavy atom. The minimum absolute atomic E-state index is 0.184. The van der Waals surface area contributed by atoms with Crippen molar-refractivity contribution in [2.45, 2.75) is 96.2 Å². The van der Waals surface area contributed by atoms with E-state index in [2.05, 4.69) is 10.0 Å². The summed E-state index contributed by atoms with van der Waals surface area (Å²) in [6.45, 7) is 5.60. The molecule has 0 bridgehead atoms. The van der Waals surface area contributed by atoms with Crippen LogP contribution in [0.1, 0.15) is 78.6 Å². The van der Waals surface area contributed by atoms with Gasteiger partial charge in [0.25, 0.3) is 0 Å². The van der Waals surface area contributed by atoms with Crippen LogP contribution in [0.15, 0.2) is 42.5 Å². The maximum atomic E-state index is 13.8. The Morgan fingerprint density at radius 3 is 2.47 bits per heavy atom. The van der Waals surface area contributed by atoms with Crippen molar-refractivity contribution in [3.8, 4) is 0 Å². The Morgan fingerprint density at radius 1 is 1.05 bits per heavy atom. The van der Waals surface area contributed by atoms with Gasteiger partial charge in [0, 0.05) is 20.0 Å². The van der Waals surface area contributed by atoms with Gasteiger partial charge in [-0.3, -0.25) is 18.7 Å². The zero-order valence-corrected chi connectivity index (χ0v) is 26.3. The molecule has 0 radical (unpaired) electrons. The highest BCUT2D eigenvalue weighted by Crippen LogP contribution is 2.57. The number of alkyl carbamates (subject to hydrolysis) is 1. The van der Waals surface area contributed by atoms with E-state index >= 15 is 0 Å². The van der Waals surface area contributed by atoms with Crippen LogP contribution < -0.4 is 14.3 Å². The molecule has 4 atom stereocenters. The van der Waals surface area contributed by atoms with Crippen molar-refractivity contribution in [3.63, 3.8) is 0 Å². The average Bonchev–Trinajstić information content (AvgIpc) is 3.40. The van der Waals surface area contributed by atoms with Crippen LogP contribution in [-0.4, -0.2) is 68.3 Å². The molecule has 1 saturated carbocycles. The van der Waals surface area contributed by atoms with Crippen LogP contribution >= 0.6 is 0 Å². The van der Waals surface area contributed by atoms with Crippen LogP contribution in [0.4, 0.5) is 10.5 Å². The normalized spacial score (nSPS) is 27.5. The maximum Gasteiger partial charge on any atom is 0.408 e. The predicted octanol–water partition coefficient (Wildman–Crippen LogP) is 3.85. The third-order valence-electron chi connectivity index (χ3n) is 8.41. The Bertz CT molecular complexity index is 1340. The second-order valence-electron chi connectivity index (χ2n) is 12.8. The summed E-state index contributed by atoms with van der Waals surface area (Å²) in [6.07, 6.45) is 7.96. The first-order valence-electron chi connectivity index (χ1n) is 15.1. The fraction of sp³-hybridized carbons (Fsp3) is 0.613. The van der Waals surface area contributed by atoms with Gasteiger partial charge in [0.15, 0.2) is 5.78 Å². The number of amides is 3. The molecule has 43 heavy (non-hydrogen) atoms. The highest BCUT2D eigenvalue weighted by atomic mass is 32.2. The van der Waals surface area contributed by atoms with Crippen molar-refractivity contribution in [2.24, 2.45) is 11.3 Å². The van der Waals surface area contributed by atoms with E-state index in [0.29, 0.717) is 44.3 Å². The van der Waals surface area contributed by atoms with Crippen molar-refractivity contribution in [2.75, 3.05) is 17.9 Å². The molecule has 4 rings (SSSR count). The van der Waals surface area contributed by atoms with Crippen LogP contribution in [0, 0.1) is 11.3 Å². The number of benzene rings is 1. The van der Waals surface area contributed by atoms with Gasteiger partial charge in [-0.2, -0.15) is 8.42 Å². The number of hydrogen-bond acceptors (Lipinski definition) is 7. The lowest BCUT2D eigenvalue weighted by Crippen LogP contribution is -2.53. The predicted molar refractivity (Wildman–Crippen MR) is 162 cm³/mol. The summed E-state index contributed by atoms with van der Waals surface area (Å²) in [6, 6.07) is 6.81. The molecular weight excluding hydrogens is 572 g/mol. The number of hydrogen-bond donors (Lipinski definition) is 2. The van der Waals surface area contributed by atoms with Crippen molar-refractivity contribution in [1.82, 2.24) is 14.9 Å². The van der Waals surface area contributed by atoms with Crippen LogP contribution in [0.3, 0.4) is 0 Å². The van der Waals surface area contributed by atoms with E-state index in [4.69, 9.17) is 4.74 Å². The summed E-state index contributed by atoms with van der Waals surface area (Å²) < 4.78 is 34.9. The molecule has 11 nitrogen and oxygen atoms in total. The standard InChI is InChI=1S/C31H44N4O7S/c1-30(2,3)42-29(39)32-24-17-12-7-5-6-9-14-22-20-31(22,21-26(36)25-18-13-19-35(25)27(24)37)28(38)33-43(40,41)34(4)23-15-10-8-11-16-23/h8-11,14-16,22,24-25H,5-7,12-13,17-21H2,1-4H3,(H,32,39)(H,33,38)/b14-9-/t22-,24+,25+,31-/m1/s1. The lowest BCUT2D eigenvalue weighted by Gasteiger charge is -2.30. The average molecular weight is 617 g/mol. The van der Waals surface area contributed by atoms with Crippen LogP contribution in [0.5, 0.6) is 0 Å². The van der Waals surface area contributed by atoms with E-state index in [1.807, 2.05) is 12.2 Å². The lowest BCUT2D eigenvalue weighted by atomic mass is 9.91. The molecule has 2 aliphatic heterocycles. The molecule has 0 unspecified atom stereocenters. The van der Waals surface area contributed by atoms with Gasteiger partial charge < -0.3 is 15.0 Å². The quantitative estimate of drug-likeness (QED) is 0.479. The third kappa shape index (κ3) is 7.95. The van der Waals surface area contributed by atoms with Crippen LogP contribution in [-0.2, 0) is 29.3 Å². The van der Waals surface area contributed by atoms with Gasteiger partial charge >= 0.3 is 16.3 Å². The van der Waals surface area contributed by atoms with E-state index < -0.39 is 45.3 Å². The van der Waals surface area contributed by atoms with Gasteiger partial charge in [-0.05, 0) is 77.3 Å². The first-order chi connectivity index (χ1) is 20.2. The Kier molecular flexibility index (Phi) is 9.88. The largest absolute Gasteiger partial charge is 0.444 e. The second kappa shape index (κ2) is 13.1. The summed E-state index contributed by atoms with van der Waals surface area (Å²) in [7, 11) is -2.87. The molecule has 1 saturated heterocycles. The van der Waals surface area contributed by atoms with Crippen molar-refractivity contribution in [1.29, 1.82) is 0 Å². The van der Waals surface area contributed by atoms with Crippen molar-refractivity contribution >= 4 is 39.6 Å². The molecule has 236 valence electrons. The number of nitrogens with one attached hydrogen (secondary N) is 2. The van der Waals surface area contributed by atoms with Gasteiger partial charge in [0.2, 0.25) is 11.8 Å². The number of para-hydroxylation sites is 1. The molecule has 2 N–H and O–H groups in total. The number of carbonyl (C=O) groups is 4. The number of anilines is 1. The maximum absolute atomic E-state index is 13.8. The Balaban J connectivity index is 1.55. The zero-order valence-electron chi connectivity index (χ0n) is 25.5. The van der Waals surface area contributed by atoms with E-state index in [-0.39, 0.29) is 24.0 Å². The first kappa shape index (κ1) is 32.5. The molecule has 2 heterocycles. The van der Waals surface area contributed by atoms with Crippen LogP contribution in [0.25, 0.3) is 0 Å². The number of nitrogens with zero attached hydrogens (tertiary/aromatic N) is 2. The van der Waals surface area contributed by atoms with Crippen LogP contribution in [0.2, 0.25) is 0 Å².